The van der Waals surface area contributed by atoms with Gasteiger partial charge in [0.05, 0.1) is 6.61 Å². The molecule has 1 heterocycles. The molecule has 3 heteroatoms. The van der Waals surface area contributed by atoms with Crippen LogP contribution in [0.4, 0.5) is 0 Å². The van der Waals surface area contributed by atoms with E-state index in [2.05, 4.69) is 61.0 Å². The third kappa shape index (κ3) is 3.56. The van der Waals surface area contributed by atoms with Crippen LogP contribution in [0.1, 0.15) is 19.4 Å². The Morgan fingerprint density at radius 2 is 1.95 bits per heavy atom. The Labute approximate surface area is 116 Å². The zero-order chi connectivity index (χ0) is 13.9. The van der Waals surface area contributed by atoms with E-state index >= 15 is 0 Å². The minimum atomic E-state index is 0.127. The van der Waals surface area contributed by atoms with Crippen LogP contribution in [0.3, 0.4) is 0 Å². The molecule has 0 saturated carbocycles. The maximum atomic E-state index is 9.53. The molecule has 3 nitrogen and oxygen atoms in total. The summed E-state index contributed by atoms with van der Waals surface area (Å²) in [6, 6.07) is 10.9. The molecular formula is C16H26N2O. The molecule has 0 spiro atoms. The first kappa shape index (κ1) is 14.5. The number of aliphatic hydroxyl groups is 1. The number of aliphatic hydroxyl groups excluding tert-OH is 1. The highest BCUT2D eigenvalue weighted by atomic mass is 16.3. The fourth-order valence-electron chi connectivity index (χ4n) is 2.92. The maximum Gasteiger partial charge on any atom is 0.0599 e. The van der Waals surface area contributed by atoms with E-state index in [0.29, 0.717) is 0 Å². The van der Waals surface area contributed by atoms with Crippen molar-refractivity contribution in [2.24, 2.45) is 0 Å². The van der Waals surface area contributed by atoms with Gasteiger partial charge in [-0.25, -0.2) is 0 Å². The van der Waals surface area contributed by atoms with Gasteiger partial charge in [0, 0.05) is 31.2 Å². The second-order valence-corrected chi connectivity index (χ2v) is 6.23. The average Bonchev–Trinajstić information content (AvgIpc) is 2.41. The highest BCUT2D eigenvalue weighted by molar-refractivity contribution is 5.15. The lowest BCUT2D eigenvalue weighted by Gasteiger charge is -2.49. The fourth-order valence-corrected chi connectivity index (χ4v) is 2.92. The van der Waals surface area contributed by atoms with E-state index in [0.717, 1.165) is 26.1 Å². The molecule has 1 unspecified atom stereocenters. The Kier molecular flexibility index (Phi) is 4.61. The SMILES string of the molecule is CN1C(CO)CN(CCc2ccccc2)CC1(C)C. The summed E-state index contributed by atoms with van der Waals surface area (Å²) in [5.74, 6) is 0. The van der Waals surface area contributed by atoms with Crippen LogP contribution in [0.25, 0.3) is 0 Å². The van der Waals surface area contributed by atoms with E-state index in [1.807, 2.05) is 0 Å². The van der Waals surface area contributed by atoms with Gasteiger partial charge in [-0.05, 0) is 32.9 Å². The van der Waals surface area contributed by atoms with Crippen LogP contribution >= 0.6 is 0 Å². The lowest BCUT2D eigenvalue weighted by Crippen LogP contribution is -2.63. The zero-order valence-electron chi connectivity index (χ0n) is 12.3. The van der Waals surface area contributed by atoms with Gasteiger partial charge in [0.1, 0.15) is 0 Å². The topological polar surface area (TPSA) is 26.7 Å². The van der Waals surface area contributed by atoms with Crippen LogP contribution in [-0.2, 0) is 6.42 Å². The first-order chi connectivity index (χ1) is 9.03. The summed E-state index contributed by atoms with van der Waals surface area (Å²) in [4.78, 5) is 4.79. The van der Waals surface area contributed by atoms with E-state index in [-0.39, 0.29) is 18.2 Å². The van der Waals surface area contributed by atoms with Crippen LogP contribution in [0, 0.1) is 0 Å². The summed E-state index contributed by atoms with van der Waals surface area (Å²) in [5, 5.41) is 9.53. The Bertz CT molecular complexity index is 391. The molecule has 106 valence electrons. The molecule has 1 saturated heterocycles. The van der Waals surface area contributed by atoms with Crippen molar-refractivity contribution in [3.8, 4) is 0 Å². The largest absolute Gasteiger partial charge is 0.395 e. The van der Waals surface area contributed by atoms with Crippen LogP contribution in [0.15, 0.2) is 30.3 Å². The normalized spacial score (nSPS) is 24.5. The molecule has 0 amide bonds. The second kappa shape index (κ2) is 6.04. The average molecular weight is 262 g/mol. The highest BCUT2D eigenvalue weighted by Gasteiger charge is 2.36. The molecule has 1 fully saturated rings. The Balaban J connectivity index is 1.94. The van der Waals surface area contributed by atoms with Crippen LogP contribution < -0.4 is 0 Å². The molecule has 2 rings (SSSR count). The minimum absolute atomic E-state index is 0.127. The minimum Gasteiger partial charge on any atom is -0.395 e. The second-order valence-electron chi connectivity index (χ2n) is 6.23. The summed E-state index contributed by atoms with van der Waals surface area (Å²) in [5.41, 5.74) is 1.52. The Morgan fingerprint density at radius 1 is 1.26 bits per heavy atom. The number of hydrogen-bond acceptors (Lipinski definition) is 3. The summed E-state index contributed by atoms with van der Waals surface area (Å²) in [7, 11) is 2.12. The number of benzene rings is 1. The molecule has 0 radical (unpaired) electrons. The quantitative estimate of drug-likeness (QED) is 0.893. The molecule has 1 aliphatic heterocycles. The van der Waals surface area contributed by atoms with Gasteiger partial charge in [-0.15, -0.1) is 0 Å². The van der Waals surface area contributed by atoms with Crippen molar-refractivity contribution in [2.75, 3.05) is 33.3 Å². The first-order valence-corrected chi connectivity index (χ1v) is 7.13. The van der Waals surface area contributed by atoms with Gasteiger partial charge >= 0.3 is 0 Å². The van der Waals surface area contributed by atoms with E-state index < -0.39 is 0 Å². The number of rotatable bonds is 4. The van der Waals surface area contributed by atoms with Crippen LogP contribution in [0.5, 0.6) is 0 Å². The standard InChI is InChI=1S/C16H26N2O/c1-16(2)13-18(11-15(12-19)17(16)3)10-9-14-7-5-4-6-8-14/h4-8,15,19H,9-13H2,1-3H3. The summed E-state index contributed by atoms with van der Waals surface area (Å²) in [6.45, 7) is 7.84. The van der Waals surface area contributed by atoms with Crippen molar-refractivity contribution in [1.29, 1.82) is 0 Å². The third-order valence-electron chi connectivity index (χ3n) is 4.35. The predicted octanol–water partition coefficient (Wildman–Crippen LogP) is 1.62. The van der Waals surface area contributed by atoms with Gasteiger partial charge in [-0.2, -0.15) is 0 Å². The van der Waals surface area contributed by atoms with Crippen molar-refractivity contribution in [3.63, 3.8) is 0 Å². The van der Waals surface area contributed by atoms with Crippen LogP contribution in [0.2, 0.25) is 0 Å². The van der Waals surface area contributed by atoms with Crippen molar-refractivity contribution < 1.29 is 5.11 Å². The fraction of sp³-hybridized carbons (Fsp3) is 0.625. The van der Waals surface area contributed by atoms with Gasteiger partial charge in [0.25, 0.3) is 0 Å². The first-order valence-electron chi connectivity index (χ1n) is 7.13. The lowest BCUT2D eigenvalue weighted by molar-refractivity contribution is -0.0262. The maximum absolute atomic E-state index is 9.53. The van der Waals surface area contributed by atoms with Gasteiger partial charge in [0.15, 0.2) is 0 Å². The molecule has 1 atom stereocenters. The number of piperazine rings is 1. The summed E-state index contributed by atoms with van der Waals surface area (Å²) >= 11 is 0. The highest BCUT2D eigenvalue weighted by Crippen LogP contribution is 2.23. The molecule has 1 aromatic carbocycles. The summed E-state index contributed by atoms with van der Waals surface area (Å²) < 4.78 is 0. The van der Waals surface area contributed by atoms with Crippen molar-refractivity contribution in [1.82, 2.24) is 9.80 Å². The molecule has 0 aliphatic carbocycles. The molecule has 0 bridgehead atoms. The molecule has 1 aromatic rings. The molecule has 1 aliphatic rings. The van der Waals surface area contributed by atoms with Gasteiger partial charge in [0.2, 0.25) is 0 Å². The summed E-state index contributed by atoms with van der Waals surface area (Å²) in [6.07, 6.45) is 1.08. The predicted molar refractivity (Wildman–Crippen MR) is 79.3 cm³/mol. The number of likely N-dealkylation sites (N-methyl/N-ethyl adjacent to an activating group) is 1. The van der Waals surface area contributed by atoms with E-state index in [1.54, 1.807) is 0 Å². The van der Waals surface area contributed by atoms with Crippen molar-refractivity contribution in [2.45, 2.75) is 31.8 Å². The molecule has 0 aromatic heterocycles. The number of nitrogens with zero attached hydrogens (tertiary/aromatic N) is 2. The Morgan fingerprint density at radius 3 is 2.58 bits per heavy atom. The van der Waals surface area contributed by atoms with E-state index in [4.69, 9.17) is 0 Å². The third-order valence-corrected chi connectivity index (χ3v) is 4.35. The number of hydrogen-bond donors (Lipinski definition) is 1. The monoisotopic (exact) mass is 262 g/mol. The molecule has 1 N–H and O–H groups in total. The molecule has 19 heavy (non-hydrogen) atoms. The lowest BCUT2D eigenvalue weighted by atomic mass is 9.95. The van der Waals surface area contributed by atoms with E-state index in [9.17, 15) is 5.11 Å². The van der Waals surface area contributed by atoms with Crippen LogP contribution in [-0.4, -0.2) is 59.8 Å². The smallest absolute Gasteiger partial charge is 0.0599 e. The van der Waals surface area contributed by atoms with Crippen molar-refractivity contribution in [3.05, 3.63) is 35.9 Å². The van der Waals surface area contributed by atoms with Gasteiger partial charge in [-0.1, -0.05) is 30.3 Å². The Hall–Kier alpha value is -0.900. The van der Waals surface area contributed by atoms with Gasteiger partial charge in [-0.3, -0.25) is 9.80 Å². The zero-order valence-corrected chi connectivity index (χ0v) is 12.3. The van der Waals surface area contributed by atoms with Gasteiger partial charge < -0.3 is 5.11 Å². The molecular weight excluding hydrogens is 236 g/mol. The van der Waals surface area contributed by atoms with Crippen molar-refractivity contribution >= 4 is 0 Å². The van der Waals surface area contributed by atoms with E-state index in [1.165, 1.54) is 5.56 Å².